The minimum absolute atomic E-state index is 0.0448. The molecule has 1 aromatic heterocycles. The van der Waals surface area contributed by atoms with E-state index in [2.05, 4.69) is 10.00 Å². The van der Waals surface area contributed by atoms with E-state index in [0.717, 1.165) is 81.9 Å². The van der Waals surface area contributed by atoms with Gasteiger partial charge in [0, 0.05) is 57.8 Å². The summed E-state index contributed by atoms with van der Waals surface area (Å²) in [7, 11) is 0. The molecule has 1 amide bonds. The van der Waals surface area contributed by atoms with Crippen LogP contribution in [0.3, 0.4) is 0 Å². The van der Waals surface area contributed by atoms with Crippen LogP contribution in [0.2, 0.25) is 0 Å². The van der Waals surface area contributed by atoms with E-state index < -0.39 is 0 Å². The summed E-state index contributed by atoms with van der Waals surface area (Å²) in [5, 5.41) is 4.51. The third-order valence-electron chi connectivity index (χ3n) is 5.91. The molecule has 0 atom stereocenters. The number of fused-ring (bicyclic) bond motifs is 1. The lowest BCUT2D eigenvalue weighted by Gasteiger charge is -2.35. The third kappa shape index (κ3) is 3.90. The van der Waals surface area contributed by atoms with Crippen LogP contribution in [0.15, 0.2) is 29.1 Å². The Morgan fingerprint density at radius 1 is 1.04 bits per heavy atom. The number of nitrogens with zero attached hydrogens (tertiary/aromatic N) is 5. The molecular weight excluding hydrogens is 354 g/mol. The van der Waals surface area contributed by atoms with Crippen LogP contribution in [-0.4, -0.2) is 62.8 Å². The van der Waals surface area contributed by atoms with Gasteiger partial charge in [0.15, 0.2) is 0 Å². The van der Waals surface area contributed by atoms with Crippen molar-refractivity contribution in [3.8, 4) is 0 Å². The van der Waals surface area contributed by atoms with Crippen LogP contribution in [0.5, 0.6) is 0 Å². The second-order valence-electron chi connectivity index (χ2n) is 7.83. The molecule has 7 heteroatoms. The minimum Gasteiger partial charge on any atom is -0.336 e. The van der Waals surface area contributed by atoms with Crippen molar-refractivity contribution in [1.29, 1.82) is 0 Å². The minimum atomic E-state index is 0.0448. The number of carbonyl (C=O) groups excluding carboxylic acids is 1. The lowest BCUT2D eigenvalue weighted by molar-refractivity contribution is 0.0633. The molecule has 2 aliphatic rings. The Labute approximate surface area is 165 Å². The lowest BCUT2D eigenvalue weighted by Crippen LogP contribution is -2.49. The van der Waals surface area contributed by atoms with E-state index in [-0.39, 0.29) is 11.6 Å². The molecule has 0 N–H and O–H groups in total. The van der Waals surface area contributed by atoms with Gasteiger partial charge in [0.1, 0.15) is 5.82 Å². The molecule has 1 aromatic carbocycles. The summed E-state index contributed by atoms with van der Waals surface area (Å²) < 4.78 is 3.47. The fraction of sp³-hybridized carbons (Fsp3) is 0.571. The highest BCUT2D eigenvalue weighted by Crippen LogP contribution is 2.13. The first-order valence-electron chi connectivity index (χ1n) is 10.4. The predicted octanol–water partition coefficient (Wildman–Crippen LogP) is 1.54. The Morgan fingerprint density at radius 2 is 1.82 bits per heavy atom. The number of rotatable bonds is 5. The van der Waals surface area contributed by atoms with Gasteiger partial charge in [-0.1, -0.05) is 18.2 Å². The van der Waals surface area contributed by atoms with E-state index in [1.807, 2.05) is 40.7 Å². The third-order valence-corrected chi connectivity index (χ3v) is 5.91. The highest BCUT2D eigenvalue weighted by atomic mass is 16.2. The molecule has 7 nitrogen and oxygen atoms in total. The van der Waals surface area contributed by atoms with Crippen molar-refractivity contribution in [1.82, 2.24) is 24.1 Å². The van der Waals surface area contributed by atoms with Gasteiger partial charge in [-0.3, -0.25) is 14.3 Å². The quantitative estimate of drug-likeness (QED) is 0.786. The summed E-state index contributed by atoms with van der Waals surface area (Å²) in [4.78, 5) is 29.4. The Bertz CT molecular complexity index is 892. The molecule has 2 aromatic rings. The normalized spacial score (nSPS) is 17.5. The maximum Gasteiger partial charge on any atom is 0.345 e. The molecule has 0 radical (unpaired) electrons. The summed E-state index contributed by atoms with van der Waals surface area (Å²) in [6, 6.07) is 7.78. The van der Waals surface area contributed by atoms with Crippen molar-refractivity contribution in [2.75, 3.05) is 32.7 Å². The molecule has 1 saturated heterocycles. The van der Waals surface area contributed by atoms with Gasteiger partial charge in [-0.2, -0.15) is 5.10 Å². The van der Waals surface area contributed by atoms with Crippen molar-refractivity contribution >= 4 is 5.91 Å². The van der Waals surface area contributed by atoms with Crippen molar-refractivity contribution in [2.45, 2.75) is 45.7 Å². The maximum absolute atomic E-state index is 12.7. The Morgan fingerprint density at radius 3 is 2.57 bits per heavy atom. The first-order chi connectivity index (χ1) is 13.6. The van der Waals surface area contributed by atoms with Crippen LogP contribution in [-0.2, 0) is 19.5 Å². The second kappa shape index (κ2) is 8.31. The summed E-state index contributed by atoms with van der Waals surface area (Å²) in [5.74, 6) is 1.08. The van der Waals surface area contributed by atoms with E-state index in [1.165, 1.54) is 0 Å². The highest BCUT2D eigenvalue weighted by Gasteiger charge is 2.23. The van der Waals surface area contributed by atoms with Gasteiger partial charge in [-0.05, 0) is 37.8 Å². The van der Waals surface area contributed by atoms with Crippen molar-refractivity contribution in [3.63, 3.8) is 0 Å². The number of benzene rings is 1. The van der Waals surface area contributed by atoms with E-state index in [1.54, 1.807) is 4.68 Å². The standard InChI is InChI=1S/C21H29N5O2/c1-17-7-2-3-8-18(17)20(27)24-15-13-23(14-16-24)10-6-12-26-21(28)25-11-5-4-9-19(25)22-26/h2-3,7-8H,4-6,9-16H2,1H3. The zero-order valence-corrected chi connectivity index (χ0v) is 16.6. The van der Waals surface area contributed by atoms with Gasteiger partial charge in [-0.25, -0.2) is 9.48 Å². The van der Waals surface area contributed by atoms with Crippen LogP contribution in [0.4, 0.5) is 0 Å². The van der Waals surface area contributed by atoms with Gasteiger partial charge in [-0.15, -0.1) is 0 Å². The van der Waals surface area contributed by atoms with Crippen LogP contribution >= 0.6 is 0 Å². The topological polar surface area (TPSA) is 63.4 Å². The molecule has 0 aliphatic carbocycles. The van der Waals surface area contributed by atoms with E-state index in [0.29, 0.717) is 6.54 Å². The van der Waals surface area contributed by atoms with Gasteiger partial charge in [0.2, 0.25) is 0 Å². The Balaban J connectivity index is 1.25. The van der Waals surface area contributed by atoms with E-state index in [4.69, 9.17) is 0 Å². The van der Waals surface area contributed by atoms with Crippen LogP contribution < -0.4 is 5.69 Å². The lowest BCUT2D eigenvalue weighted by atomic mass is 10.1. The molecule has 0 unspecified atom stereocenters. The summed E-state index contributed by atoms with van der Waals surface area (Å²) in [5.41, 5.74) is 1.88. The molecule has 0 saturated carbocycles. The first-order valence-corrected chi connectivity index (χ1v) is 10.4. The monoisotopic (exact) mass is 383 g/mol. The summed E-state index contributed by atoms with van der Waals surface area (Å²) in [6.45, 7) is 7.67. The van der Waals surface area contributed by atoms with E-state index >= 15 is 0 Å². The molecule has 150 valence electrons. The van der Waals surface area contributed by atoms with Crippen molar-refractivity contribution < 1.29 is 4.79 Å². The number of hydrogen-bond acceptors (Lipinski definition) is 4. The van der Waals surface area contributed by atoms with Crippen LogP contribution in [0, 0.1) is 6.92 Å². The summed E-state index contributed by atoms with van der Waals surface area (Å²) in [6.07, 6.45) is 4.02. The average Bonchev–Trinajstić information content (AvgIpc) is 3.04. The fourth-order valence-corrected chi connectivity index (χ4v) is 4.20. The van der Waals surface area contributed by atoms with Crippen LogP contribution in [0.25, 0.3) is 0 Å². The number of amides is 1. The zero-order chi connectivity index (χ0) is 19.5. The molecule has 0 bridgehead atoms. The summed E-state index contributed by atoms with van der Waals surface area (Å²) >= 11 is 0. The number of aryl methyl sites for hydroxylation is 3. The molecule has 3 heterocycles. The zero-order valence-electron chi connectivity index (χ0n) is 16.6. The molecule has 1 fully saturated rings. The SMILES string of the molecule is Cc1ccccc1C(=O)N1CCN(CCCn2nc3n(c2=O)CCCC3)CC1. The fourth-order valence-electron chi connectivity index (χ4n) is 4.20. The second-order valence-corrected chi connectivity index (χ2v) is 7.83. The number of piperazine rings is 1. The van der Waals surface area contributed by atoms with Gasteiger partial charge < -0.3 is 4.90 Å². The number of carbonyl (C=O) groups is 1. The molecule has 2 aliphatic heterocycles. The maximum atomic E-state index is 12.7. The number of aromatic nitrogens is 3. The predicted molar refractivity (Wildman–Crippen MR) is 108 cm³/mol. The van der Waals surface area contributed by atoms with Gasteiger partial charge >= 0.3 is 5.69 Å². The van der Waals surface area contributed by atoms with Gasteiger partial charge in [0.25, 0.3) is 5.91 Å². The smallest absolute Gasteiger partial charge is 0.336 e. The average molecular weight is 383 g/mol. The Kier molecular flexibility index (Phi) is 5.62. The number of hydrogen-bond donors (Lipinski definition) is 0. The first kappa shape index (κ1) is 18.9. The highest BCUT2D eigenvalue weighted by molar-refractivity contribution is 5.95. The largest absolute Gasteiger partial charge is 0.345 e. The molecule has 28 heavy (non-hydrogen) atoms. The molecule has 0 spiro atoms. The van der Waals surface area contributed by atoms with Crippen LogP contribution in [0.1, 0.15) is 41.0 Å². The Hall–Kier alpha value is -2.41. The van der Waals surface area contributed by atoms with E-state index in [9.17, 15) is 9.59 Å². The molecule has 4 rings (SSSR count). The van der Waals surface area contributed by atoms with Crippen molar-refractivity contribution in [3.05, 3.63) is 51.7 Å². The molecular formula is C21H29N5O2. The van der Waals surface area contributed by atoms with Gasteiger partial charge in [0.05, 0.1) is 0 Å². The van der Waals surface area contributed by atoms with Crippen molar-refractivity contribution in [2.24, 2.45) is 0 Å².